The van der Waals surface area contributed by atoms with Gasteiger partial charge in [0.2, 0.25) is 5.96 Å². The molecule has 2 aliphatic rings. The monoisotopic (exact) mass is 225 g/mol. The van der Waals surface area contributed by atoms with Crippen molar-refractivity contribution in [2.45, 2.75) is 12.5 Å². The number of hydrogen-bond donors (Lipinski definition) is 3. The van der Waals surface area contributed by atoms with Gasteiger partial charge in [0.05, 0.1) is 6.61 Å². The molecule has 0 saturated heterocycles. The van der Waals surface area contributed by atoms with Gasteiger partial charge in [0.1, 0.15) is 6.34 Å². The molecule has 0 radical (unpaired) electrons. The number of amides is 1. The summed E-state index contributed by atoms with van der Waals surface area (Å²) in [6.07, 6.45) is 1.82. The summed E-state index contributed by atoms with van der Waals surface area (Å²) in [6, 6.07) is -0.733. The van der Waals surface area contributed by atoms with Crippen LogP contribution in [0.3, 0.4) is 0 Å². The largest absolute Gasteiger partial charge is 0.396 e. The van der Waals surface area contributed by atoms with E-state index in [-0.39, 0.29) is 24.3 Å². The third-order valence-electron chi connectivity index (χ3n) is 2.04. The predicted molar refractivity (Wildman–Crippen MR) is 55.1 cm³/mol. The highest BCUT2D eigenvalue weighted by Gasteiger charge is 2.36. The summed E-state index contributed by atoms with van der Waals surface area (Å²) in [5, 5.41) is 19.4. The molecule has 0 aromatic carbocycles. The van der Waals surface area contributed by atoms with Gasteiger partial charge in [-0.05, 0) is 6.42 Å². The number of guanidine groups is 1. The van der Waals surface area contributed by atoms with E-state index in [1.165, 1.54) is 11.4 Å². The number of carbonyl (C=O) groups is 1. The highest BCUT2D eigenvalue weighted by Crippen LogP contribution is 2.12. The molecule has 0 aromatic heterocycles. The fraction of sp³-hybridized carbons (Fsp3) is 0.500. The summed E-state index contributed by atoms with van der Waals surface area (Å²) < 4.78 is 0. The second kappa shape index (κ2) is 4.37. The molecule has 0 aromatic rings. The van der Waals surface area contributed by atoms with E-state index >= 15 is 0 Å². The number of hydrogen-bond acceptors (Lipinski definition) is 6. The molecule has 0 saturated carbocycles. The van der Waals surface area contributed by atoms with Crippen LogP contribution in [0.1, 0.15) is 6.42 Å². The van der Waals surface area contributed by atoms with Gasteiger partial charge >= 0.3 is 0 Å². The first-order chi connectivity index (χ1) is 7.72. The Kier molecular flexibility index (Phi) is 2.93. The van der Waals surface area contributed by atoms with Gasteiger partial charge in [-0.15, -0.1) is 0 Å². The van der Waals surface area contributed by atoms with Crippen molar-refractivity contribution in [2.75, 3.05) is 13.2 Å². The Balaban J connectivity index is 2.05. The Morgan fingerprint density at radius 1 is 1.69 bits per heavy atom. The molecule has 8 heteroatoms. The maximum Gasteiger partial charge on any atom is 0.259 e. The smallest absolute Gasteiger partial charge is 0.259 e. The van der Waals surface area contributed by atoms with Crippen LogP contribution in [0.5, 0.6) is 0 Å². The summed E-state index contributed by atoms with van der Waals surface area (Å²) in [4.78, 5) is 24.4. The number of fused-ring (bicyclic) bond motifs is 1. The number of amidine groups is 1. The van der Waals surface area contributed by atoms with Gasteiger partial charge in [-0.2, -0.15) is 10.1 Å². The van der Waals surface area contributed by atoms with Crippen LogP contribution in [0.15, 0.2) is 9.98 Å². The van der Waals surface area contributed by atoms with Crippen molar-refractivity contribution in [3.8, 4) is 0 Å². The Morgan fingerprint density at radius 2 is 2.50 bits per heavy atom. The van der Waals surface area contributed by atoms with E-state index in [4.69, 9.17) is 15.4 Å². The van der Waals surface area contributed by atoms with Crippen LogP contribution in [0, 0.1) is 5.41 Å². The number of aliphatic hydroxyl groups is 1. The molecule has 8 nitrogen and oxygen atoms in total. The minimum absolute atomic E-state index is 0.0250. The van der Waals surface area contributed by atoms with Crippen molar-refractivity contribution in [1.29, 1.82) is 5.41 Å². The molecule has 0 fully saturated rings. The SMILES string of the molecule is N=C1N=C2C(N=CN2OCCCO)C(=O)N1. The number of carbonyl (C=O) groups excluding carboxylic acids is 1. The quantitative estimate of drug-likeness (QED) is 0.504. The summed E-state index contributed by atoms with van der Waals surface area (Å²) in [5.74, 6) is -0.330. The molecule has 0 aliphatic carbocycles. The molecule has 2 aliphatic heterocycles. The third-order valence-corrected chi connectivity index (χ3v) is 2.04. The van der Waals surface area contributed by atoms with Gasteiger partial charge in [0.25, 0.3) is 5.91 Å². The van der Waals surface area contributed by atoms with Crippen LogP contribution in [0.25, 0.3) is 0 Å². The lowest BCUT2D eigenvalue weighted by atomic mass is 10.2. The normalized spacial score (nSPS) is 23.2. The maximum absolute atomic E-state index is 11.4. The van der Waals surface area contributed by atoms with E-state index in [9.17, 15) is 4.79 Å². The Bertz CT molecular complexity index is 378. The summed E-state index contributed by atoms with van der Waals surface area (Å²) >= 11 is 0. The van der Waals surface area contributed by atoms with Crippen LogP contribution >= 0.6 is 0 Å². The van der Waals surface area contributed by atoms with Crippen molar-refractivity contribution in [2.24, 2.45) is 9.98 Å². The van der Waals surface area contributed by atoms with Crippen molar-refractivity contribution < 1.29 is 14.7 Å². The van der Waals surface area contributed by atoms with Crippen LogP contribution in [-0.2, 0) is 9.63 Å². The van der Waals surface area contributed by atoms with Gasteiger partial charge in [0.15, 0.2) is 11.9 Å². The van der Waals surface area contributed by atoms with Crippen molar-refractivity contribution in [3.05, 3.63) is 0 Å². The third kappa shape index (κ3) is 1.92. The van der Waals surface area contributed by atoms with Gasteiger partial charge in [0, 0.05) is 6.61 Å². The van der Waals surface area contributed by atoms with E-state index in [0.29, 0.717) is 13.0 Å². The van der Waals surface area contributed by atoms with Gasteiger partial charge < -0.3 is 5.11 Å². The van der Waals surface area contributed by atoms with Gasteiger partial charge in [-0.25, -0.2) is 0 Å². The molecule has 3 N–H and O–H groups in total. The number of rotatable bonds is 4. The van der Waals surface area contributed by atoms with E-state index in [1.807, 2.05) is 0 Å². The predicted octanol–water partition coefficient (Wildman–Crippen LogP) is -1.52. The van der Waals surface area contributed by atoms with Crippen molar-refractivity contribution >= 4 is 24.0 Å². The summed E-state index contributed by atoms with van der Waals surface area (Å²) in [5.41, 5.74) is 0. The van der Waals surface area contributed by atoms with Crippen LogP contribution in [0.2, 0.25) is 0 Å². The molecule has 16 heavy (non-hydrogen) atoms. The summed E-state index contributed by atoms with van der Waals surface area (Å²) in [6.45, 7) is 0.320. The van der Waals surface area contributed by atoms with E-state index in [0.717, 1.165) is 0 Å². The molecule has 2 heterocycles. The van der Waals surface area contributed by atoms with E-state index < -0.39 is 6.04 Å². The highest BCUT2D eigenvalue weighted by molar-refractivity contribution is 6.22. The minimum atomic E-state index is -0.733. The van der Waals surface area contributed by atoms with Gasteiger partial charge in [-0.3, -0.25) is 25.4 Å². The number of nitrogens with zero attached hydrogens (tertiary/aromatic N) is 3. The average molecular weight is 225 g/mol. The van der Waals surface area contributed by atoms with Crippen molar-refractivity contribution in [3.63, 3.8) is 0 Å². The lowest BCUT2D eigenvalue weighted by Crippen LogP contribution is -2.48. The maximum atomic E-state index is 11.4. The second-order valence-electron chi connectivity index (χ2n) is 3.21. The number of hydroxylamine groups is 2. The minimum Gasteiger partial charge on any atom is -0.396 e. The van der Waals surface area contributed by atoms with Gasteiger partial charge in [-0.1, -0.05) is 0 Å². The first-order valence-corrected chi connectivity index (χ1v) is 4.76. The topological polar surface area (TPSA) is 110 Å². The lowest BCUT2D eigenvalue weighted by Gasteiger charge is -2.20. The molecule has 86 valence electrons. The molecular formula is C8H11N5O3. The van der Waals surface area contributed by atoms with Crippen LogP contribution in [0.4, 0.5) is 0 Å². The van der Waals surface area contributed by atoms with E-state index in [1.54, 1.807) is 0 Å². The molecule has 2 rings (SSSR count). The zero-order chi connectivity index (χ0) is 11.5. The number of nitrogens with one attached hydrogen (secondary N) is 2. The zero-order valence-corrected chi connectivity index (χ0v) is 8.38. The Morgan fingerprint density at radius 3 is 3.25 bits per heavy atom. The molecule has 0 spiro atoms. The average Bonchev–Trinajstić information content (AvgIpc) is 2.62. The fourth-order valence-corrected chi connectivity index (χ4v) is 1.32. The first kappa shape index (κ1) is 10.7. The summed E-state index contributed by atoms with van der Waals surface area (Å²) in [7, 11) is 0. The van der Waals surface area contributed by atoms with Crippen LogP contribution in [-0.4, -0.2) is 53.5 Å². The second-order valence-corrected chi connectivity index (χ2v) is 3.21. The molecule has 1 amide bonds. The fourth-order valence-electron chi connectivity index (χ4n) is 1.32. The number of aliphatic imine (C=N–C) groups is 2. The first-order valence-electron chi connectivity index (χ1n) is 4.76. The van der Waals surface area contributed by atoms with Crippen LogP contribution < -0.4 is 5.32 Å². The Labute approximate surface area is 91.1 Å². The van der Waals surface area contributed by atoms with Crippen molar-refractivity contribution in [1.82, 2.24) is 10.4 Å². The molecule has 1 unspecified atom stereocenters. The lowest BCUT2D eigenvalue weighted by molar-refractivity contribution is -0.120. The number of aliphatic hydroxyl groups excluding tert-OH is 1. The molecule has 1 atom stereocenters. The Hall–Kier alpha value is -1.80. The molecular weight excluding hydrogens is 214 g/mol. The standard InChI is InChI=1S/C8H11N5O3/c9-8-11-6-5(7(15)12-8)10-4-13(6)16-3-1-2-14/h4-5,14H,1-3H2,(H2,9,12,15). The highest BCUT2D eigenvalue weighted by atomic mass is 16.7. The molecule has 0 bridgehead atoms. The van der Waals surface area contributed by atoms with E-state index in [2.05, 4.69) is 15.3 Å². The zero-order valence-electron chi connectivity index (χ0n) is 8.38.